The molecular weight excluding hydrogens is 410 g/mol. The van der Waals surface area contributed by atoms with Crippen molar-refractivity contribution in [2.45, 2.75) is 25.9 Å². The Kier molecular flexibility index (Phi) is 5.88. The van der Waals surface area contributed by atoms with Gasteiger partial charge in [-0.3, -0.25) is 14.5 Å². The van der Waals surface area contributed by atoms with Crippen LogP contribution in [0.3, 0.4) is 0 Å². The largest absolute Gasteiger partial charge is 0.331 e. The molecule has 2 heterocycles. The third-order valence-electron chi connectivity index (χ3n) is 5.39. The van der Waals surface area contributed by atoms with E-state index in [4.69, 9.17) is 22.0 Å². The van der Waals surface area contributed by atoms with Gasteiger partial charge in [0.2, 0.25) is 0 Å². The highest BCUT2D eigenvalue weighted by atomic mass is 35.5. The molecule has 1 aliphatic heterocycles. The maximum absolute atomic E-state index is 13.2. The molecule has 1 atom stereocenters. The highest BCUT2D eigenvalue weighted by Crippen LogP contribution is 2.30. The van der Waals surface area contributed by atoms with Gasteiger partial charge in [-0.2, -0.15) is 10.4 Å². The second-order valence-corrected chi connectivity index (χ2v) is 8.10. The first kappa shape index (κ1) is 20.8. The molecule has 3 aromatic rings. The number of aliphatic imine (C=N–C) groups is 1. The monoisotopic (exact) mass is 431 g/mol. The van der Waals surface area contributed by atoms with Gasteiger partial charge in [-0.15, -0.1) is 0 Å². The van der Waals surface area contributed by atoms with Gasteiger partial charge in [-0.25, -0.2) is 0 Å². The number of carbonyl (C=O) groups excluding carboxylic acids is 1. The molecule has 1 amide bonds. The van der Waals surface area contributed by atoms with E-state index < -0.39 is 0 Å². The van der Waals surface area contributed by atoms with Gasteiger partial charge < -0.3 is 4.90 Å². The summed E-state index contributed by atoms with van der Waals surface area (Å²) in [7, 11) is 1.74. The minimum atomic E-state index is -0.0492. The van der Waals surface area contributed by atoms with Gasteiger partial charge in [0.15, 0.2) is 0 Å². The topological polar surface area (TPSA) is 74.3 Å². The SMILES string of the molecule is CN=Cc1ccc(CN2C[C@H](C)n3nc(-c4ccc(Cl)cc4CC#N)cc3C2=O)cc1. The van der Waals surface area contributed by atoms with Crippen molar-refractivity contribution in [2.24, 2.45) is 4.99 Å². The molecule has 0 bridgehead atoms. The smallest absolute Gasteiger partial charge is 0.272 e. The van der Waals surface area contributed by atoms with Crippen LogP contribution in [0, 0.1) is 11.3 Å². The number of hydrogen-bond acceptors (Lipinski definition) is 4. The molecule has 0 aliphatic carbocycles. The third-order valence-corrected chi connectivity index (χ3v) is 5.62. The van der Waals surface area contributed by atoms with Gasteiger partial charge in [-0.05, 0) is 41.8 Å². The first-order valence-electron chi connectivity index (χ1n) is 10.1. The number of nitrogens with zero attached hydrogens (tertiary/aromatic N) is 5. The van der Waals surface area contributed by atoms with Gasteiger partial charge in [0.05, 0.1) is 24.2 Å². The number of halogens is 1. The van der Waals surface area contributed by atoms with Crippen molar-refractivity contribution >= 4 is 23.7 Å². The van der Waals surface area contributed by atoms with Crippen molar-refractivity contribution < 1.29 is 4.79 Å². The van der Waals surface area contributed by atoms with Crippen LogP contribution in [0.25, 0.3) is 11.3 Å². The number of benzene rings is 2. The Morgan fingerprint density at radius 2 is 2.03 bits per heavy atom. The molecule has 0 fully saturated rings. The van der Waals surface area contributed by atoms with Crippen LogP contribution >= 0.6 is 11.6 Å². The van der Waals surface area contributed by atoms with Crippen LogP contribution in [0.4, 0.5) is 0 Å². The summed E-state index contributed by atoms with van der Waals surface area (Å²) in [4.78, 5) is 19.1. The van der Waals surface area contributed by atoms with Gasteiger partial charge in [0.1, 0.15) is 5.69 Å². The summed E-state index contributed by atoms with van der Waals surface area (Å²) in [6.07, 6.45) is 2.03. The van der Waals surface area contributed by atoms with E-state index in [1.165, 1.54) is 0 Å². The molecule has 6 nitrogen and oxygen atoms in total. The Morgan fingerprint density at radius 3 is 2.74 bits per heavy atom. The number of hydrogen-bond donors (Lipinski definition) is 0. The van der Waals surface area contributed by atoms with E-state index >= 15 is 0 Å². The average Bonchev–Trinajstić information content (AvgIpc) is 3.20. The molecule has 0 saturated heterocycles. The summed E-state index contributed by atoms with van der Waals surface area (Å²) in [5.41, 5.74) is 4.97. The Balaban J connectivity index is 1.62. The van der Waals surface area contributed by atoms with E-state index in [2.05, 4.69) is 18.0 Å². The number of carbonyl (C=O) groups is 1. The lowest BCUT2D eigenvalue weighted by atomic mass is 10.0. The van der Waals surface area contributed by atoms with E-state index in [0.29, 0.717) is 29.5 Å². The highest BCUT2D eigenvalue weighted by molar-refractivity contribution is 6.30. The number of nitriles is 1. The minimum absolute atomic E-state index is 0.0414. The molecule has 156 valence electrons. The fourth-order valence-electron chi connectivity index (χ4n) is 3.92. The van der Waals surface area contributed by atoms with Crippen LogP contribution in [0.15, 0.2) is 53.5 Å². The lowest BCUT2D eigenvalue weighted by Gasteiger charge is -2.31. The third kappa shape index (κ3) is 4.23. The number of rotatable bonds is 5. The van der Waals surface area contributed by atoms with E-state index in [0.717, 1.165) is 22.3 Å². The molecule has 7 heteroatoms. The minimum Gasteiger partial charge on any atom is -0.331 e. The van der Waals surface area contributed by atoms with Crippen molar-refractivity contribution in [1.82, 2.24) is 14.7 Å². The maximum Gasteiger partial charge on any atom is 0.272 e. The summed E-state index contributed by atoms with van der Waals surface area (Å²) in [5.74, 6) is -0.0492. The van der Waals surface area contributed by atoms with E-state index in [1.807, 2.05) is 41.3 Å². The fraction of sp³-hybridized carbons (Fsp3) is 0.250. The van der Waals surface area contributed by atoms with Crippen molar-refractivity contribution in [3.05, 3.63) is 75.9 Å². The Hall–Kier alpha value is -3.43. The normalized spacial score (nSPS) is 15.9. The molecule has 0 radical (unpaired) electrons. The van der Waals surface area contributed by atoms with Crippen LogP contribution < -0.4 is 0 Å². The molecular formula is C24H22ClN5O. The lowest BCUT2D eigenvalue weighted by Crippen LogP contribution is -2.41. The van der Waals surface area contributed by atoms with Gasteiger partial charge in [-0.1, -0.05) is 41.9 Å². The predicted molar refractivity (Wildman–Crippen MR) is 121 cm³/mol. The van der Waals surface area contributed by atoms with E-state index in [9.17, 15) is 4.79 Å². The first-order chi connectivity index (χ1) is 15.0. The fourth-order valence-corrected chi connectivity index (χ4v) is 4.12. The van der Waals surface area contributed by atoms with E-state index in [-0.39, 0.29) is 18.4 Å². The highest BCUT2D eigenvalue weighted by Gasteiger charge is 2.31. The number of amides is 1. The van der Waals surface area contributed by atoms with Crippen molar-refractivity contribution in [1.29, 1.82) is 5.26 Å². The Morgan fingerprint density at radius 1 is 1.26 bits per heavy atom. The maximum atomic E-state index is 13.2. The van der Waals surface area contributed by atoms with Crippen LogP contribution in [-0.4, -0.2) is 40.4 Å². The molecule has 0 unspecified atom stereocenters. The van der Waals surface area contributed by atoms with Crippen molar-refractivity contribution in [2.75, 3.05) is 13.6 Å². The Labute approximate surface area is 186 Å². The van der Waals surface area contributed by atoms with Crippen molar-refractivity contribution in [3.8, 4) is 17.3 Å². The van der Waals surface area contributed by atoms with Crippen LogP contribution in [0.5, 0.6) is 0 Å². The lowest BCUT2D eigenvalue weighted by molar-refractivity contribution is 0.0651. The zero-order valence-corrected chi connectivity index (χ0v) is 18.2. The summed E-state index contributed by atoms with van der Waals surface area (Å²) >= 11 is 6.11. The quantitative estimate of drug-likeness (QED) is 0.557. The second kappa shape index (κ2) is 8.75. The summed E-state index contributed by atoms with van der Waals surface area (Å²) in [6, 6.07) is 17.5. The number of aromatic nitrogens is 2. The van der Waals surface area contributed by atoms with Gasteiger partial charge >= 0.3 is 0 Å². The first-order valence-corrected chi connectivity index (χ1v) is 10.4. The average molecular weight is 432 g/mol. The summed E-state index contributed by atoms with van der Waals surface area (Å²) in [5, 5.41) is 14.4. The van der Waals surface area contributed by atoms with E-state index in [1.54, 1.807) is 30.1 Å². The van der Waals surface area contributed by atoms with Gasteiger partial charge in [0, 0.05) is 36.9 Å². The molecule has 0 saturated carbocycles. The Bertz CT molecular complexity index is 1190. The molecule has 2 aromatic carbocycles. The predicted octanol–water partition coefficient (Wildman–Crippen LogP) is 4.54. The molecule has 1 aliphatic rings. The van der Waals surface area contributed by atoms with Crippen molar-refractivity contribution in [3.63, 3.8) is 0 Å². The van der Waals surface area contributed by atoms with Crippen LogP contribution in [0.2, 0.25) is 5.02 Å². The molecule has 0 spiro atoms. The van der Waals surface area contributed by atoms with Crippen LogP contribution in [0.1, 0.15) is 40.1 Å². The summed E-state index contributed by atoms with van der Waals surface area (Å²) in [6.45, 7) is 3.17. The standard InChI is InChI=1S/C24H22ClN5O/c1-16-14-29(15-18-5-3-17(4-6-18)13-27-2)24(31)23-12-22(28-30(16)23)21-8-7-20(25)11-19(21)9-10-26/h3-8,11-13,16H,9,14-15H2,1-2H3/t16-/m0/s1. The zero-order valence-electron chi connectivity index (χ0n) is 17.4. The van der Waals surface area contributed by atoms with Crippen LogP contribution in [-0.2, 0) is 13.0 Å². The molecule has 0 N–H and O–H groups in total. The zero-order chi connectivity index (χ0) is 22.0. The second-order valence-electron chi connectivity index (χ2n) is 7.66. The molecule has 4 rings (SSSR count). The molecule has 31 heavy (non-hydrogen) atoms. The van der Waals surface area contributed by atoms with Gasteiger partial charge in [0.25, 0.3) is 5.91 Å². The number of fused-ring (bicyclic) bond motifs is 1. The molecule has 1 aromatic heterocycles. The summed E-state index contributed by atoms with van der Waals surface area (Å²) < 4.78 is 1.79.